The zero-order valence-corrected chi connectivity index (χ0v) is 12.0. The lowest BCUT2D eigenvalue weighted by molar-refractivity contribution is 0.0445. The molecular formula is C13H19N5O2. The van der Waals surface area contributed by atoms with Crippen molar-refractivity contribution in [3.05, 3.63) is 29.3 Å². The summed E-state index contributed by atoms with van der Waals surface area (Å²) < 4.78 is 8.73. The molecule has 2 aromatic rings. The Hall–Kier alpha value is -2.18. The van der Waals surface area contributed by atoms with Crippen molar-refractivity contribution in [2.24, 2.45) is 7.05 Å². The molecule has 7 heteroatoms. The zero-order valence-electron chi connectivity index (χ0n) is 12.0. The van der Waals surface area contributed by atoms with Crippen LogP contribution in [-0.2, 0) is 24.9 Å². The number of ether oxygens (including phenoxy) is 1. The van der Waals surface area contributed by atoms with Gasteiger partial charge in [0.25, 0.3) is 0 Å². The van der Waals surface area contributed by atoms with Crippen LogP contribution in [0, 0.1) is 6.92 Å². The van der Waals surface area contributed by atoms with Crippen molar-refractivity contribution in [3.8, 4) is 0 Å². The Bertz CT molecular complexity index is 587. The van der Waals surface area contributed by atoms with Crippen LogP contribution in [0.15, 0.2) is 12.1 Å². The average Bonchev–Trinajstić information content (AvgIpc) is 3.02. The minimum Gasteiger partial charge on any atom is -0.453 e. The van der Waals surface area contributed by atoms with E-state index in [9.17, 15) is 4.79 Å². The van der Waals surface area contributed by atoms with Gasteiger partial charge in [0.05, 0.1) is 0 Å². The fourth-order valence-electron chi connectivity index (χ4n) is 1.83. The third-order valence-corrected chi connectivity index (χ3v) is 3.24. The number of tetrazole rings is 1. The summed E-state index contributed by atoms with van der Waals surface area (Å²) in [7, 11) is 1.83. The second kappa shape index (κ2) is 6.31. The second-order valence-corrected chi connectivity index (χ2v) is 4.67. The van der Waals surface area contributed by atoms with Gasteiger partial charge in [-0.05, 0) is 35.9 Å². The lowest BCUT2D eigenvalue weighted by atomic mass is 10.3. The third-order valence-electron chi connectivity index (χ3n) is 3.24. The van der Waals surface area contributed by atoms with E-state index in [4.69, 9.17) is 4.74 Å². The molecule has 0 saturated heterocycles. The molecule has 2 aromatic heterocycles. The first-order valence-corrected chi connectivity index (χ1v) is 6.68. The van der Waals surface area contributed by atoms with Crippen molar-refractivity contribution in [2.75, 3.05) is 0 Å². The highest BCUT2D eigenvalue weighted by molar-refractivity contribution is 5.87. The Kier molecular flexibility index (Phi) is 4.49. The highest BCUT2D eigenvalue weighted by Crippen LogP contribution is 2.08. The summed E-state index contributed by atoms with van der Waals surface area (Å²) in [6.45, 7) is 4.85. The Balaban J connectivity index is 1.97. The lowest BCUT2D eigenvalue weighted by Crippen LogP contribution is -2.13. The molecule has 0 fully saturated rings. The maximum Gasteiger partial charge on any atom is 0.355 e. The fourth-order valence-corrected chi connectivity index (χ4v) is 1.83. The van der Waals surface area contributed by atoms with Gasteiger partial charge in [-0.3, -0.25) is 0 Å². The maximum absolute atomic E-state index is 12.0. The van der Waals surface area contributed by atoms with Crippen LogP contribution in [0.3, 0.4) is 0 Å². The van der Waals surface area contributed by atoms with Crippen molar-refractivity contribution in [1.82, 2.24) is 24.8 Å². The smallest absolute Gasteiger partial charge is 0.355 e. The first-order chi connectivity index (χ1) is 9.63. The number of hydrogen-bond acceptors (Lipinski definition) is 5. The van der Waals surface area contributed by atoms with Gasteiger partial charge in [0.1, 0.15) is 5.69 Å². The van der Waals surface area contributed by atoms with Crippen LogP contribution >= 0.6 is 0 Å². The Morgan fingerprint density at radius 2 is 2.20 bits per heavy atom. The molecular weight excluding hydrogens is 258 g/mol. The van der Waals surface area contributed by atoms with Gasteiger partial charge in [0, 0.05) is 19.3 Å². The van der Waals surface area contributed by atoms with Gasteiger partial charge in [-0.25, -0.2) is 9.48 Å². The van der Waals surface area contributed by atoms with Crippen LogP contribution in [-0.4, -0.2) is 30.7 Å². The minimum atomic E-state index is -0.370. The number of hydrogen-bond donors (Lipinski definition) is 0. The molecule has 0 atom stereocenters. The van der Waals surface area contributed by atoms with Crippen molar-refractivity contribution >= 4 is 5.97 Å². The van der Waals surface area contributed by atoms with Gasteiger partial charge in [0.15, 0.2) is 12.4 Å². The molecule has 0 aliphatic rings. The van der Waals surface area contributed by atoms with E-state index < -0.39 is 0 Å². The molecule has 2 rings (SSSR count). The van der Waals surface area contributed by atoms with Crippen LogP contribution < -0.4 is 0 Å². The molecule has 0 N–H and O–H groups in total. The van der Waals surface area contributed by atoms with Gasteiger partial charge in [0.2, 0.25) is 0 Å². The highest BCUT2D eigenvalue weighted by Gasteiger charge is 2.14. The average molecular weight is 277 g/mol. The molecule has 7 nitrogen and oxygen atoms in total. The van der Waals surface area contributed by atoms with Gasteiger partial charge >= 0.3 is 5.97 Å². The summed E-state index contributed by atoms with van der Waals surface area (Å²) in [5, 5.41) is 11.4. The van der Waals surface area contributed by atoms with Crippen molar-refractivity contribution in [1.29, 1.82) is 0 Å². The largest absolute Gasteiger partial charge is 0.453 e. The Morgan fingerprint density at radius 3 is 2.85 bits per heavy atom. The van der Waals surface area contributed by atoms with Gasteiger partial charge in [-0.1, -0.05) is 13.3 Å². The van der Waals surface area contributed by atoms with Gasteiger partial charge < -0.3 is 9.30 Å². The molecule has 0 aromatic carbocycles. The Labute approximate surface area is 117 Å². The van der Waals surface area contributed by atoms with Crippen LogP contribution in [0.2, 0.25) is 0 Å². The minimum absolute atomic E-state index is 0.0831. The van der Waals surface area contributed by atoms with E-state index in [0.29, 0.717) is 11.5 Å². The van der Waals surface area contributed by atoms with Crippen LogP contribution in [0.5, 0.6) is 0 Å². The van der Waals surface area contributed by atoms with Gasteiger partial charge in [-0.2, -0.15) is 0 Å². The van der Waals surface area contributed by atoms with E-state index >= 15 is 0 Å². The summed E-state index contributed by atoms with van der Waals surface area (Å²) in [4.78, 5) is 12.0. The number of rotatable bonds is 6. The predicted octanol–water partition coefficient (Wildman–Crippen LogP) is 1.48. The molecule has 0 aliphatic heterocycles. The SMILES string of the molecule is CCCCn1nnnc1COC(=O)c1ccc(C)n1C. The number of unbranched alkanes of at least 4 members (excludes halogenated alkanes) is 1. The molecule has 0 amide bonds. The van der Waals surface area contributed by atoms with E-state index in [1.54, 1.807) is 15.3 Å². The van der Waals surface area contributed by atoms with E-state index in [-0.39, 0.29) is 12.6 Å². The summed E-state index contributed by atoms with van der Waals surface area (Å²) in [5.74, 6) is 0.198. The van der Waals surface area contributed by atoms with Crippen LogP contribution in [0.1, 0.15) is 41.8 Å². The maximum atomic E-state index is 12.0. The topological polar surface area (TPSA) is 74.8 Å². The van der Waals surface area contributed by atoms with Crippen molar-refractivity contribution in [3.63, 3.8) is 0 Å². The number of esters is 1. The number of carbonyl (C=O) groups excluding carboxylic acids is 1. The molecule has 2 heterocycles. The number of carbonyl (C=O) groups is 1. The normalized spacial score (nSPS) is 10.8. The standard InChI is InChI=1S/C13H19N5O2/c1-4-5-8-18-12(14-15-16-18)9-20-13(19)11-7-6-10(2)17(11)3/h6-7H,4-5,8-9H2,1-3H3. The molecule has 0 unspecified atom stereocenters. The Morgan fingerprint density at radius 1 is 1.40 bits per heavy atom. The van der Waals surface area contributed by atoms with Crippen molar-refractivity contribution < 1.29 is 9.53 Å². The molecule has 0 spiro atoms. The zero-order chi connectivity index (χ0) is 14.5. The first-order valence-electron chi connectivity index (χ1n) is 6.68. The predicted molar refractivity (Wildman–Crippen MR) is 72.0 cm³/mol. The van der Waals surface area contributed by atoms with Crippen LogP contribution in [0.25, 0.3) is 0 Å². The van der Waals surface area contributed by atoms with Crippen LogP contribution in [0.4, 0.5) is 0 Å². The van der Waals surface area contributed by atoms with Crippen molar-refractivity contribution in [2.45, 2.75) is 39.8 Å². The highest BCUT2D eigenvalue weighted by atomic mass is 16.5. The molecule has 0 radical (unpaired) electrons. The molecule has 0 bridgehead atoms. The van der Waals surface area contributed by atoms with E-state index in [0.717, 1.165) is 25.1 Å². The number of aryl methyl sites for hydroxylation is 2. The second-order valence-electron chi connectivity index (χ2n) is 4.67. The van der Waals surface area contributed by atoms with E-state index in [2.05, 4.69) is 22.4 Å². The summed E-state index contributed by atoms with van der Waals surface area (Å²) >= 11 is 0. The van der Waals surface area contributed by atoms with Gasteiger partial charge in [-0.15, -0.1) is 5.10 Å². The molecule has 20 heavy (non-hydrogen) atoms. The molecule has 0 saturated carbocycles. The van der Waals surface area contributed by atoms with E-state index in [1.807, 2.05) is 20.0 Å². The summed E-state index contributed by atoms with van der Waals surface area (Å²) in [6, 6.07) is 3.62. The third kappa shape index (κ3) is 3.04. The number of nitrogens with zero attached hydrogens (tertiary/aromatic N) is 5. The summed E-state index contributed by atoms with van der Waals surface area (Å²) in [5.41, 5.74) is 1.53. The first kappa shape index (κ1) is 14.2. The molecule has 0 aliphatic carbocycles. The monoisotopic (exact) mass is 277 g/mol. The lowest BCUT2D eigenvalue weighted by Gasteiger charge is -2.07. The fraction of sp³-hybridized carbons (Fsp3) is 0.538. The van der Waals surface area contributed by atoms with E-state index in [1.165, 1.54) is 0 Å². The quantitative estimate of drug-likeness (QED) is 0.748. The summed E-state index contributed by atoms with van der Waals surface area (Å²) in [6.07, 6.45) is 2.05. The molecule has 108 valence electrons. The number of aromatic nitrogens is 5.